The first-order valence-electron chi connectivity index (χ1n) is 5.05. The minimum atomic E-state index is 0.203. The van der Waals surface area contributed by atoms with Crippen LogP contribution >= 0.6 is 12.6 Å². The van der Waals surface area contributed by atoms with Crippen molar-refractivity contribution in [1.82, 2.24) is 0 Å². The Morgan fingerprint density at radius 3 is 2.21 bits per heavy atom. The van der Waals surface area contributed by atoms with E-state index in [4.69, 9.17) is 4.74 Å². The Labute approximate surface area is 91.9 Å². The second-order valence-electron chi connectivity index (χ2n) is 3.71. The van der Waals surface area contributed by atoms with Crippen molar-refractivity contribution < 1.29 is 4.74 Å². The average molecular weight is 210 g/mol. The fraction of sp³-hybridized carbons (Fsp3) is 0.500. The van der Waals surface area contributed by atoms with Gasteiger partial charge in [-0.3, -0.25) is 0 Å². The SMILES string of the molecule is CCO[C@@H](c1ccc(S)cc1)C(C)C. The summed E-state index contributed by atoms with van der Waals surface area (Å²) in [5, 5.41) is 0. The van der Waals surface area contributed by atoms with Gasteiger partial charge in [-0.15, -0.1) is 12.6 Å². The van der Waals surface area contributed by atoms with Crippen molar-refractivity contribution in [2.24, 2.45) is 5.92 Å². The number of benzene rings is 1. The molecule has 0 radical (unpaired) electrons. The van der Waals surface area contributed by atoms with Gasteiger partial charge in [0.05, 0.1) is 6.10 Å². The summed E-state index contributed by atoms with van der Waals surface area (Å²) in [5.74, 6) is 0.501. The van der Waals surface area contributed by atoms with Crippen LogP contribution in [0.3, 0.4) is 0 Å². The highest BCUT2D eigenvalue weighted by atomic mass is 32.1. The minimum Gasteiger partial charge on any atom is -0.374 e. The highest BCUT2D eigenvalue weighted by Crippen LogP contribution is 2.26. The van der Waals surface area contributed by atoms with Crippen molar-refractivity contribution in [2.75, 3.05) is 6.61 Å². The molecule has 0 aromatic heterocycles. The highest BCUT2D eigenvalue weighted by molar-refractivity contribution is 7.80. The first kappa shape index (κ1) is 11.6. The van der Waals surface area contributed by atoms with E-state index < -0.39 is 0 Å². The Balaban J connectivity index is 2.82. The second kappa shape index (κ2) is 5.42. The van der Waals surface area contributed by atoms with Crippen LogP contribution in [0.1, 0.15) is 32.4 Å². The summed E-state index contributed by atoms with van der Waals surface area (Å²) in [5.41, 5.74) is 1.24. The van der Waals surface area contributed by atoms with Crippen LogP contribution in [0.4, 0.5) is 0 Å². The Morgan fingerprint density at radius 2 is 1.79 bits per heavy atom. The summed E-state index contributed by atoms with van der Waals surface area (Å²) in [6, 6.07) is 8.19. The third kappa shape index (κ3) is 3.03. The number of hydrogen-bond donors (Lipinski definition) is 1. The third-order valence-electron chi connectivity index (χ3n) is 2.17. The average Bonchev–Trinajstić information content (AvgIpc) is 2.15. The van der Waals surface area contributed by atoms with Crippen LogP contribution in [0.15, 0.2) is 29.2 Å². The summed E-state index contributed by atoms with van der Waals surface area (Å²) in [4.78, 5) is 0.993. The van der Waals surface area contributed by atoms with Gasteiger partial charge in [0.25, 0.3) is 0 Å². The molecule has 1 aromatic rings. The number of rotatable bonds is 4. The van der Waals surface area contributed by atoms with Gasteiger partial charge < -0.3 is 4.74 Å². The van der Waals surface area contributed by atoms with Crippen LogP contribution in [-0.2, 0) is 4.74 Å². The molecule has 0 spiro atoms. The molecule has 0 aliphatic rings. The predicted molar refractivity (Wildman–Crippen MR) is 62.9 cm³/mol. The quantitative estimate of drug-likeness (QED) is 0.745. The van der Waals surface area contributed by atoms with E-state index in [1.54, 1.807) is 0 Å². The number of thiol groups is 1. The van der Waals surface area contributed by atoms with Gasteiger partial charge in [-0.2, -0.15) is 0 Å². The van der Waals surface area contributed by atoms with E-state index in [9.17, 15) is 0 Å². The van der Waals surface area contributed by atoms with Crippen molar-refractivity contribution >= 4 is 12.6 Å². The van der Waals surface area contributed by atoms with Gasteiger partial charge in [0.2, 0.25) is 0 Å². The molecule has 1 aromatic carbocycles. The zero-order valence-corrected chi connectivity index (χ0v) is 9.92. The van der Waals surface area contributed by atoms with Gasteiger partial charge >= 0.3 is 0 Å². The van der Waals surface area contributed by atoms with Crippen molar-refractivity contribution in [3.8, 4) is 0 Å². The van der Waals surface area contributed by atoms with Crippen LogP contribution < -0.4 is 0 Å². The number of ether oxygens (including phenoxy) is 1. The molecule has 0 aliphatic carbocycles. The van der Waals surface area contributed by atoms with Crippen LogP contribution in [0, 0.1) is 5.92 Å². The second-order valence-corrected chi connectivity index (χ2v) is 4.23. The first-order valence-corrected chi connectivity index (χ1v) is 5.50. The fourth-order valence-electron chi connectivity index (χ4n) is 1.52. The molecule has 14 heavy (non-hydrogen) atoms. The normalized spacial score (nSPS) is 13.2. The molecule has 0 heterocycles. The molecule has 1 rings (SSSR count). The predicted octanol–water partition coefficient (Wildman–Crippen LogP) is 3.71. The Bertz CT molecular complexity index is 266. The largest absolute Gasteiger partial charge is 0.374 e. The molecule has 0 saturated heterocycles. The minimum absolute atomic E-state index is 0.203. The maximum Gasteiger partial charge on any atom is 0.0847 e. The lowest BCUT2D eigenvalue weighted by atomic mass is 9.99. The zero-order valence-electron chi connectivity index (χ0n) is 9.03. The van der Waals surface area contributed by atoms with E-state index in [-0.39, 0.29) is 6.10 Å². The molecule has 1 nitrogen and oxygen atoms in total. The van der Waals surface area contributed by atoms with E-state index in [0.717, 1.165) is 11.5 Å². The summed E-state index contributed by atoms with van der Waals surface area (Å²) in [6.07, 6.45) is 0.203. The smallest absolute Gasteiger partial charge is 0.0847 e. The summed E-state index contributed by atoms with van der Waals surface area (Å²) in [6.45, 7) is 7.14. The van der Waals surface area contributed by atoms with E-state index in [2.05, 4.69) is 38.6 Å². The molecular formula is C12H18OS. The molecule has 1 atom stereocenters. The lowest BCUT2D eigenvalue weighted by Crippen LogP contribution is -2.10. The van der Waals surface area contributed by atoms with E-state index >= 15 is 0 Å². The monoisotopic (exact) mass is 210 g/mol. The van der Waals surface area contributed by atoms with E-state index in [0.29, 0.717) is 5.92 Å². The van der Waals surface area contributed by atoms with Crippen molar-refractivity contribution in [1.29, 1.82) is 0 Å². The standard InChI is InChI=1S/C12H18OS/c1-4-13-12(9(2)3)10-5-7-11(14)8-6-10/h5-9,12,14H,4H2,1-3H3/t12-/m1/s1. The fourth-order valence-corrected chi connectivity index (χ4v) is 1.67. The Kier molecular flexibility index (Phi) is 4.49. The van der Waals surface area contributed by atoms with Crippen molar-refractivity contribution in [3.05, 3.63) is 29.8 Å². The van der Waals surface area contributed by atoms with Crippen molar-refractivity contribution in [3.63, 3.8) is 0 Å². The molecule has 0 saturated carbocycles. The summed E-state index contributed by atoms with van der Waals surface area (Å²) >= 11 is 4.26. The summed E-state index contributed by atoms with van der Waals surface area (Å²) < 4.78 is 5.70. The first-order chi connectivity index (χ1) is 6.65. The lowest BCUT2D eigenvalue weighted by molar-refractivity contribution is 0.0294. The topological polar surface area (TPSA) is 9.23 Å². The molecule has 2 heteroatoms. The van der Waals surface area contributed by atoms with Crippen molar-refractivity contribution in [2.45, 2.75) is 31.8 Å². The highest BCUT2D eigenvalue weighted by Gasteiger charge is 2.14. The molecule has 0 aliphatic heterocycles. The van der Waals surface area contributed by atoms with E-state index in [1.807, 2.05) is 19.1 Å². The molecule has 0 amide bonds. The molecule has 78 valence electrons. The van der Waals surface area contributed by atoms with Crippen LogP contribution in [-0.4, -0.2) is 6.61 Å². The molecule has 0 N–H and O–H groups in total. The maximum absolute atomic E-state index is 5.70. The van der Waals surface area contributed by atoms with Crippen LogP contribution in [0.5, 0.6) is 0 Å². The van der Waals surface area contributed by atoms with Gasteiger partial charge in [-0.1, -0.05) is 26.0 Å². The van der Waals surface area contributed by atoms with E-state index in [1.165, 1.54) is 5.56 Å². The Hall–Kier alpha value is -0.470. The zero-order chi connectivity index (χ0) is 10.6. The maximum atomic E-state index is 5.70. The van der Waals surface area contributed by atoms with Gasteiger partial charge in [-0.05, 0) is 30.5 Å². The third-order valence-corrected chi connectivity index (χ3v) is 2.47. The lowest BCUT2D eigenvalue weighted by Gasteiger charge is -2.21. The molecule has 0 bridgehead atoms. The van der Waals surface area contributed by atoms with Crippen LogP contribution in [0.25, 0.3) is 0 Å². The van der Waals surface area contributed by atoms with Gasteiger partial charge in [0, 0.05) is 11.5 Å². The summed E-state index contributed by atoms with van der Waals surface area (Å²) in [7, 11) is 0. The number of hydrogen-bond acceptors (Lipinski definition) is 2. The van der Waals surface area contributed by atoms with Crippen LogP contribution in [0.2, 0.25) is 0 Å². The molecule has 0 unspecified atom stereocenters. The Morgan fingerprint density at radius 1 is 1.21 bits per heavy atom. The van der Waals surface area contributed by atoms with Gasteiger partial charge in [0.1, 0.15) is 0 Å². The van der Waals surface area contributed by atoms with Gasteiger partial charge in [0.15, 0.2) is 0 Å². The van der Waals surface area contributed by atoms with Gasteiger partial charge in [-0.25, -0.2) is 0 Å². The molecular weight excluding hydrogens is 192 g/mol. The molecule has 0 fully saturated rings.